The predicted octanol–water partition coefficient (Wildman–Crippen LogP) is 2.86. The highest BCUT2D eigenvalue weighted by molar-refractivity contribution is 5.99. The molecule has 7 heteroatoms. The summed E-state index contributed by atoms with van der Waals surface area (Å²) >= 11 is 0. The van der Waals surface area contributed by atoms with Gasteiger partial charge in [-0.25, -0.2) is 4.79 Å². The highest BCUT2D eigenvalue weighted by atomic mass is 16.5. The van der Waals surface area contributed by atoms with Crippen LogP contribution in [0.5, 0.6) is 5.75 Å². The molecule has 29 heavy (non-hydrogen) atoms. The average Bonchev–Trinajstić information content (AvgIpc) is 3.15. The van der Waals surface area contributed by atoms with E-state index in [1.807, 2.05) is 31.2 Å². The van der Waals surface area contributed by atoms with Crippen LogP contribution in [0.25, 0.3) is 0 Å². The third-order valence-electron chi connectivity index (χ3n) is 5.10. The van der Waals surface area contributed by atoms with Crippen molar-refractivity contribution in [2.75, 3.05) is 5.32 Å². The van der Waals surface area contributed by atoms with E-state index in [2.05, 4.69) is 10.6 Å². The minimum atomic E-state index is -1.07. The van der Waals surface area contributed by atoms with Crippen molar-refractivity contribution < 1.29 is 24.2 Å². The van der Waals surface area contributed by atoms with Gasteiger partial charge in [-0.05, 0) is 35.7 Å². The van der Waals surface area contributed by atoms with E-state index < -0.39 is 24.0 Å². The van der Waals surface area contributed by atoms with Gasteiger partial charge in [-0.15, -0.1) is 0 Å². The van der Waals surface area contributed by atoms with Crippen LogP contribution < -0.4 is 15.4 Å². The Hall–Kier alpha value is -3.35. The van der Waals surface area contributed by atoms with E-state index in [4.69, 9.17) is 4.74 Å². The Morgan fingerprint density at radius 3 is 2.62 bits per heavy atom. The van der Waals surface area contributed by atoms with Gasteiger partial charge < -0.3 is 20.5 Å². The third kappa shape index (κ3) is 4.74. The van der Waals surface area contributed by atoms with Gasteiger partial charge in [0.15, 0.2) is 6.10 Å². The van der Waals surface area contributed by atoms with Crippen molar-refractivity contribution in [2.45, 2.75) is 38.8 Å². The summed E-state index contributed by atoms with van der Waals surface area (Å²) < 4.78 is 5.68. The quantitative estimate of drug-likeness (QED) is 0.668. The van der Waals surface area contributed by atoms with Crippen molar-refractivity contribution in [1.29, 1.82) is 0 Å². The van der Waals surface area contributed by atoms with Gasteiger partial charge in [-0.1, -0.05) is 44.5 Å². The van der Waals surface area contributed by atoms with Gasteiger partial charge >= 0.3 is 5.97 Å². The van der Waals surface area contributed by atoms with Crippen molar-refractivity contribution >= 4 is 23.5 Å². The molecule has 1 heterocycles. The van der Waals surface area contributed by atoms with Crippen LogP contribution >= 0.6 is 0 Å². The maximum atomic E-state index is 12.5. The summed E-state index contributed by atoms with van der Waals surface area (Å²) in [6.07, 6.45) is 0.473. The largest absolute Gasteiger partial charge is 0.480 e. The number of hydrogen-bond donors (Lipinski definition) is 3. The molecule has 0 aliphatic carbocycles. The maximum absolute atomic E-state index is 12.5. The summed E-state index contributed by atoms with van der Waals surface area (Å²) in [6.45, 7) is 3.64. The number of amides is 2. The van der Waals surface area contributed by atoms with E-state index in [0.29, 0.717) is 24.3 Å². The number of nitrogens with one attached hydrogen (secondary N) is 2. The minimum Gasteiger partial charge on any atom is -0.480 e. The van der Waals surface area contributed by atoms with Crippen molar-refractivity contribution in [2.24, 2.45) is 5.92 Å². The van der Waals surface area contributed by atoms with Crippen molar-refractivity contribution in [1.82, 2.24) is 5.32 Å². The monoisotopic (exact) mass is 396 g/mol. The molecule has 7 nitrogen and oxygen atoms in total. The first-order chi connectivity index (χ1) is 13.9. The predicted molar refractivity (Wildman–Crippen MR) is 108 cm³/mol. The third-order valence-corrected chi connectivity index (χ3v) is 5.10. The zero-order valence-electron chi connectivity index (χ0n) is 16.3. The molecule has 0 radical (unpaired) electrons. The second-order valence-electron chi connectivity index (χ2n) is 7.16. The second-order valence-corrected chi connectivity index (χ2v) is 7.16. The summed E-state index contributed by atoms with van der Waals surface area (Å²) in [4.78, 5) is 36.5. The molecule has 1 aliphatic heterocycles. The van der Waals surface area contributed by atoms with Gasteiger partial charge in [-0.2, -0.15) is 0 Å². The summed E-state index contributed by atoms with van der Waals surface area (Å²) in [5.74, 6) is -1.39. The number of hydrogen-bond acceptors (Lipinski definition) is 4. The first-order valence-electron chi connectivity index (χ1n) is 9.58. The van der Waals surface area contributed by atoms with Crippen LogP contribution in [0, 0.1) is 5.92 Å². The molecule has 2 aromatic carbocycles. The van der Waals surface area contributed by atoms with E-state index in [0.717, 1.165) is 5.56 Å². The highest BCUT2D eigenvalue weighted by Gasteiger charge is 2.29. The molecule has 3 atom stereocenters. The summed E-state index contributed by atoms with van der Waals surface area (Å²) in [5, 5.41) is 14.7. The fourth-order valence-electron chi connectivity index (χ4n) is 3.20. The van der Waals surface area contributed by atoms with Gasteiger partial charge in [0.05, 0.1) is 0 Å². The number of carbonyl (C=O) groups excluding carboxylic acids is 2. The molecule has 3 unspecified atom stereocenters. The number of carbonyl (C=O) groups is 3. The van der Waals surface area contributed by atoms with Crippen LogP contribution in [0.3, 0.4) is 0 Å². The van der Waals surface area contributed by atoms with Crippen LogP contribution in [0.15, 0.2) is 48.5 Å². The molecule has 1 aliphatic rings. The first kappa shape index (κ1) is 20.4. The molecular formula is C22H24N2O5. The van der Waals surface area contributed by atoms with Crippen molar-refractivity contribution in [3.8, 4) is 5.75 Å². The normalized spacial score (nSPS) is 16.8. The smallest absolute Gasteiger partial charge is 0.326 e. The Balaban J connectivity index is 1.66. The van der Waals surface area contributed by atoms with E-state index in [1.165, 1.54) is 6.07 Å². The second kappa shape index (κ2) is 8.77. The van der Waals surface area contributed by atoms with E-state index in [9.17, 15) is 19.5 Å². The fourth-order valence-corrected chi connectivity index (χ4v) is 3.20. The molecule has 152 valence electrons. The van der Waals surface area contributed by atoms with Crippen LogP contribution in [0.1, 0.15) is 36.2 Å². The number of anilines is 1. The Morgan fingerprint density at radius 2 is 1.93 bits per heavy atom. The Bertz CT molecular complexity index is 902. The molecule has 2 aromatic rings. The number of para-hydroxylation sites is 1. The Labute approximate surface area is 169 Å². The number of aliphatic carboxylic acids is 1. The lowest BCUT2D eigenvalue weighted by molar-refractivity contribution is -0.140. The lowest BCUT2D eigenvalue weighted by atomic mass is 9.99. The minimum absolute atomic E-state index is 0.208. The standard InChI is InChI=1S/C22H24N2O5/c1-3-13(2)19(22(27)28)24-20(25)15-8-6-9-16(11-15)23-21(26)18-12-14-7-4-5-10-17(14)29-18/h4-11,13,18-19H,3,12H2,1-2H3,(H,23,26)(H,24,25)(H,27,28). The van der Waals surface area contributed by atoms with Gasteiger partial charge in [0, 0.05) is 17.7 Å². The number of benzene rings is 2. The molecule has 0 saturated carbocycles. The summed E-state index contributed by atoms with van der Waals surface area (Å²) in [7, 11) is 0. The van der Waals surface area contributed by atoms with Crippen LogP contribution in [-0.2, 0) is 16.0 Å². The molecule has 3 N–H and O–H groups in total. The SMILES string of the molecule is CCC(C)C(NC(=O)c1cccc(NC(=O)C2Cc3ccccc3O2)c1)C(=O)O. The van der Waals surface area contributed by atoms with Crippen molar-refractivity contribution in [3.63, 3.8) is 0 Å². The average molecular weight is 396 g/mol. The molecule has 0 spiro atoms. The van der Waals surface area contributed by atoms with E-state index in [1.54, 1.807) is 25.1 Å². The number of carboxylic acids is 1. The number of carboxylic acid groups (broad SMARTS) is 1. The lowest BCUT2D eigenvalue weighted by Gasteiger charge is -2.20. The van der Waals surface area contributed by atoms with Crippen LogP contribution in [-0.4, -0.2) is 35.0 Å². The Kier molecular flexibility index (Phi) is 6.16. The van der Waals surface area contributed by atoms with Gasteiger partial charge in [-0.3, -0.25) is 9.59 Å². The lowest BCUT2D eigenvalue weighted by Crippen LogP contribution is -2.45. The zero-order chi connectivity index (χ0) is 21.0. The molecular weight excluding hydrogens is 372 g/mol. The van der Waals surface area contributed by atoms with Gasteiger partial charge in [0.1, 0.15) is 11.8 Å². The number of ether oxygens (including phenoxy) is 1. The molecule has 0 fully saturated rings. The Morgan fingerprint density at radius 1 is 1.17 bits per heavy atom. The van der Waals surface area contributed by atoms with Gasteiger partial charge in [0.2, 0.25) is 0 Å². The number of rotatable bonds is 7. The molecule has 0 bridgehead atoms. The molecule has 3 rings (SSSR count). The zero-order valence-corrected chi connectivity index (χ0v) is 16.3. The molecule has 0 saturated heterocycles. The highest BCUT2D eigenvalue weighted by Crippen LogP contribution is 2.28. The molecule has 2 amide bonds. The van der Waals surface area contributed by atoms with Gasteiger partial charge in [0.25, 0.3) is 11.8 Å². The topological polar surface area (TPSA) is 105 Å². The first-order valence-corrected chi connectivity index (χ1v) is 9.58. The molecule has 0 aromatic heterocycles. The van der Waals surface area contributed by atoms with E-state index >= 15 is 0 Å². The fraction of sp³-hybridized carbons (Fsp3) is 0.318. The summed E-state index contributed by atoms with van der Waals surface area (Å²) in [5.41, 5.74) is 1.69. The van der Waals surface area contributed by atoms with Crippen molar-refractivity contribution in [3.05, 3.63) is 59.7 Å². The van der Waals surface area contributed by atoms with E-state index in [-0.39, 0.29) is 17.4 Å². The summed E-state index contributed by atoms with van der Waals surface area (Å²) in [6, 6.07) is 12.9. The van der Waals surface area contributed by atoms with Crippen LogP contribution in [0.2, 0.25) is 0 Å². The maximum Gasteiger partial charge on any atom is 0.326 e. The number of fused-ring (bicyclic) bond motifs is 1. The van der Waals surface area contributed by atoms with Crippen LogP contribution in [0.4, 0.5) is 5.69 Å².